The van der Waals surface area contributed by atoms with Gasteiger partial charge in [-0.05, 0) is 61.4 Å². The van der Waals surface area contributed by atoms with Crippen LogP contribution < -0.4 is 9.64 Å². The monoisotopic (exact) mass is 431 g/mol. The van der Waals surface area contributed by atoms with E-state index in [1.165, 1.54) is 0 Å². The quantitative estimate of drug-likeness (QED) is 0.612. The first-order chi connectivity index (χ1) is 15.4. The highest BCUT2D eigenvalue weighted by molar-refractivity contribution is 5.91. The van der Waals surface area contributed by atoms with Gasteiger partial charge >= 0.3 is 6.09 Å². The van der Waals surface area contributed by atoms with Crippen LogP contribution in [0.1, 0.15) is 38.2 Å². The number of methoxy groups -OCH3 is 1. The molecule has 0 radical (unpaired) electrons. The van der Waals surface area contributed by atoms with Crippen molar-refractivity contribution in [2.75, 3.05) is 18.6 Å². The van der Waals surface area contributed by atoms with Crippen molar-refractivity contribution < 1.29 is 14.3 Å². The number of rotatable bonds is 4. The van der Waals surface area contributed by atoms with Gasteiger partial charge < -0.3 is 14.0 Å². The van der Waals surface area contributed by atoms with E-state index in [0.717, 1.165) is 43.3 Å². The lowest BCUT2D eigenvalue weighted by Crippen LogP contribution is -2.45. The summed E-state index contributed by atoms with van der Waals surface area (Å²) in [6.45, 7) is 3.47. The summed E-state index contributed by atoms with van der Waals surface area (Å²) in [5.74, 6) is 0.415. The van der Waals surface area contributed by atoms with Crippen LogP contribution in [0.5, 0.6) is 5.88 Å². The number of nitriles is 1. The van der Waals surface area contributed by atoms with Gasteiger partial charge in [0, 0.05) is 12.7 Å². The molecule has 3 aromatic rings. The maximum atomic E-state index is 12.9. The largest absolute Gasteiger partial charge is 0.480 e. The van der Waals surface area contributed by atoms with E-state index in [2.05, 4.69) is 27.5 Å². The summed E-state index contributed by atoms with van der Waals surface area (Å²) in [5.41, 5.74) is 2.46. The highest BCUT2D eigenvalue weighted by Gasteiger charge is 2.52. The maximum absolute atomic E-state index is 12.9. The molecule has 3 heterocycles. The number of carbonyl (C=O) groups is 1. The fourth-order valence-corrected chi connectivity index (χ4v) is 5.37. The van der Waals surface area contributed by atoms with E-state index < -0.39 is 5.60 Å². The zero-order valence-corrected chi connectivity index (χ0v) is 18.2. The van der Waals surface area contributed by atoms with Crippen LogP contribution >= 0.6 is 0 Å². The molecular formula is C24H25N5O3. The fourth-order valence-electron chi connectivity index (χ4n) is 5.37. The van der Waals surface area contributed by atoms with Crippen LogP contribution in [0, 0.1) is 16.7 Å². The predicted octanol–water partition coefficient (Wildman–Crippen LogP) is 4.29. The third kappa shape index (κ3) is 3.44. The van der Waals surface area contributed by atoms with Crippen molar-refractivity contribution in [3.8, 4) is 11.9 Å². The molecule has 2 aliphatic rings. The molecule has 1 aliphatic carbocycles. The van der Waals surface area contributed by atoms with E-state index in [1.807, 2.05) is 24.5 Å². The Balaban J connectivity index is 1.41. The second-order valence-electron chi connectivity index (χ2n) is 9.20. The molecule has 5 rings (SSSR count). The molecule has 1 amide bonds. The van der Waals surface area contributed by atoms with Gasteiger partial charge in [-0.25, -0.2) is 14.8 Å². The third-order valence-corrected chi connectivity index (χ3v) is 6.67. The summed E-state index contributed by atoms with van der Waals surface area (Å²) in [7, 11) is 1.55. The Hall–Kier alpha value is -3.60. The number of aromatic nitrogens is 3. The minimum Gasteiger partial charge on any atom is -0.480 e. The van der Waals surface area contributed by atoms with Crippen molar-refractivity contribution in [2.24, 2.45) is 5.41 Å². The summed E-state index contributed by atoms with van der Waals surface area (Å²) in [6, 6.07) is 11.4. The van der Waals surface area contributed by atoms with Gasteiger partial charge in [0.05, 0.1) is 42.6 Å². The second-order valence-corrected chi connectivity index (χ2v) is 9.20. The molecule has 1 spiro atoms. The molecule has 1 saturated heterocycles. The summed E-state index contributed by atoms with van der Waals surface area (Å²) in [5, 5.41) is 9.27. The summed E-state index contributed by atoms with van der Waals surface area (Å²) in [4.78, 5) is 23.2. The van der Waals surface area contributed by atoms with Crippen molar-refractivity contribution in [2.45, 2.75) is 44.8 Å². The average molecular weight is 431 g/mol. The fraction of sp³-hybridized carbons (Fsp3) is 0.417. The number of benzene rings is 1. The molecule has 1 aromatic carbocycles. The van der Waals surface area contributed by atoms with E-state index in [0.29, 0.717) is 23.7 Å². The number of amides is 1. The van der Waals surface area contributed by atoms with Gasteiger partial charge in [-0.3, -0.25) is 4.90 Å². The Morgan fingerprint density at radius 2 is 2.16 bits per heavy atom. The van der Waals surface area contributed by atoms with Crippen LogP contribution in [0.3, 0.4) is 0 Å². The summed E-state index contributed by atoms with van der Waals surface area (Å²) >= 11 is 0. The zero-order chi connectivity index (χ0) is 22.3. The van der Waals surface area contributed by atoms with E-state index in [1.54, 1.807) is 30.3 Å². The lowest BCUT2D eigenvalue weighted by molar-refractivity contribution is -0.0264. The standard InChI is InChI=1S/C24H25N5O3/c1-23(14-28-16-27-18-7-6-17(12-25)11-20(18)28)8-4-9-24(13-23)15-29(22(30)32-24)19-5-3-10-26-21(19)31-2/h3,5-7,10-11,16H,4,8-9,13-15H2,1-2H3/t23-,24-/m0/s1. The van der Waals surface area contributed by atoms with E-state index in [4.69, 9.17) is 9.47 Å². The first-order valence-corrected chi connectivity index (χ1v) is 10.8. The van der Waals surface area contributed by atoms with Gasteiger partial charge in [-0.1, -0.05) is 6.92 Å². The first-order valence-electron chi connectivity index (χ1n) is 10.8. The molecule has 1 saturated carbocycles. The Morgan fingerprint density at radius 1 is 1.28 bits per heavy atom. The van der Waals surface area contributed by atoms with Gasteiger partial charge in [0.25, 0.3) is 0 Å². The molecule has 0 N–H and O–H groups in total. The highest BCUT2D eigenvalue weighted by atomic mass is 16.6. The van der Waals surface area contributed by atoms with Crippen LogP contribution in [0.2, 0.25) is 0 Å². The predicted molar refractivity (Wildman–Crippen MR) is 118 cm³/mol. The zero-order valence-electron chi connectivity index (χ0n) is 18.2. The van der Waals surface area contributed by atoms with Crippen molar-refractivity contribution in [1.29, 1.82) is 5.26 Å². The molecule has 2 aromatic heterocycles. The van der Waals surface area contributed by atoms with Gasteiger partial charge in [0.2, 0.25) is 5.88 Å². The highest BCUT2D eigenvalue weighted by Crippen LogP contribution is 2.48. The van der Waals surface area contributed by atoms with Gasteiger partial charge in [-0.2, -0.15) is 5.26 Å². The molecule has 2 atom stereocenters. The molecule has 0 unspecified atom stereocenters. The van der Waals surface area contributed by atoms with E-state index in [-0.39, 0.29) is 11.5 Å². The number of hydrogen-bond donors (Lipinski definition) is 0. The third-order valence-electron chi connectivity index (χ3n) is 6.67. The van der Waals surface area contributed by atoms with Crippen molar-refractivity contribution in [3.05, 3.63) is 48.4 Å². The van der Waals surface area contributed by atoms with Crippen LogP contribution in [0.4, 0.5) is 10.5 Å². The normalized spacial score (nSPS) is 25.2. The minimum absolute atomic E-state index is 0.0795. The maximum Gasteiger partial charge on any atom is 0.415 e. The number of carbonyl (C=O) groups excluding carboxylic acids is 1. The minimum atomic E-state index is -0.543. The van der Waals surface area contributed by atoms with Crippen LogP contribution in [0.25, 0.3) is 11.0 Å². The topological polar surface area (TPSA) is 93.3 Å². The van der Waals surface area contributed by atoms with Crippen LogP contribution in [0.15, 0.2) is 42.9 Å². The number of anilines is 1. The number of hydrogen-bond acceptors (Lipinski definition) is 6. The van der Waals surface area contributed by atoms with Crippen molar-refractivity contribution in [1.82, 2.24) is 14.5 Å². The van der Waals surface area contributed by atoms with Gasteiger partial charge in [0.15, 0.2) is 0 Å². The SMILES string of the molecule is COc1ncccc1N1C[C@@]2(CCC[C@](C)(Cn3cnc4ccc(C#N)cc43)C2)OC1=O. The average Bonchev–Trinajstić information content (AvgIpc) is 3.32. The number of ether oxygens (including phenoxy) is 2. The number of pyridine rings is 1. The second kappa shape index (κ2) is 7.52. The smallest absolute Gasteiger partial charge is 0.415 e. The van der Waals surface area contributed by atoms with E-state index >= 15 is 0 Å². The Morgan fingerprint density at radius 3 is 2.97 bits per heavy atom. The van der Waals surface area contributed by atoms with Gasteiger partial charge in [0.1, 0.15) is 11.3 Å². The van der Waals surface area contributed by atoms with Crippen molar-refractivity contribution in [3.63, 3.8) is 0 Å². The first kappa shape index (κ1) is 20.3. The van der Waals surface area contributed by atoms with Crippen LogP contribution in [-0.4, -0.2) is 39.9 Å². The Labute approximate surface area is 186 Å². The number of imidazole rings is 1. The Bertz CT molecular complexity index is 1230. The lowest BCUT2D eigenvalue weighted by Gasteiger charge is -2.43. The van der Waals surface area contributed by atoms with E-state index in [9.17, 15) is 10.1 Å². The lowest BCUT2D eigenvalue weighted by atomic mass is 9.68. The number of nitrogens with zero attached hydrogens (tertiary/aromatic N) is 5. The molecule has 0 bridgehead atoms. The number of fused-ring (bicyclic) bond motifs is 1. The van der Waals surface area contributed by atoms with Crippen molar-refractivity contribution >= 4 is 22.8 Å². The molecule has 8 heteroatoms. The molecule has 8 nitrogen and oxygen atoms in total. The molecular weight excluding hydrogens is 406 g/mol. The molecule has 32 heavy (non-hydrogen) atoms. The molecule has 164 valence electrons. The molecule has 1 aliphatic heterocycles. The summed E-state index contributed by atoms with van der Waals surface area (Å²) in [6.07, 6.45) is 6.71. The van der Waals surface area contributed by atoms with Gasteiger partial charge in [-0.15, -0.1) is 0 Å². The van der Waals surface area contributed by atoms with Crippen LogP contribution in [-0.2, 0) is 11.3 Å². The molecule has 2 fully saturated rings. The Kier molecular flexibility index (Phi) is 4.77. The summed E-state index contributed by atoms with van der Waals surface area (Å²) < 4.78 is 13.5.